The molecule has 0 aliphatic heterocycles. The first kappa shape index (κ1) is 16.8. The number of hydrogen-bond acceptors (Lipinski definition) is 4. The van der Waals surface area contributed by atoms with Crippen molar-refractivity contribution in [1.29, 1.82) is 10.5 Å². The van der Waals surface area contributed by atoms with E-state index in [1.54, 1.807) is 31.2 Å². The molecule has 3 rings (SSSR count). The van der Waals surface area contributed by atoms with E-state index in [1.165, 1.54) is 16.7 Å². The molecule has 0 spiro atoms. The fourth-order valence-electron chi connectivity index (χ4n) is 2.45. The molecule has 6 nitrogen and oxygen atoms in total. The third-order valence-electron chi connectivity index (χ3n) is 3.53. The lowest BCUT2D eigenvalue weighted by molar-refractivity contribution is 0.826. The summed E-state index contributed by atoms with van der Waals surface area (Å²) >= 11 is 12.0. The highest BCUT2D eigenvalue weighted by Gasteiger charge is 2.15. The molecule has 0 aliphatic rings. The Morgan fingerprint density at radius 2 is 1.60 bits per heavy atom. The first-order valence-corrected chi connectivity index (χ1v) is 7.80. The highest BCUT2D eigenvalue weighted by atomic mass is 35.5. The van der Waals surface area contributed by atoms with Crippen LogP contribution in [0.3, 0.4) is 0 Å². The molecule has 122 valence electrons. The van der Waals surface area contributed by atoms with Crippen molar-refractivity contribution in [2.45, 2.75) is 6.92 Å². The van der Waals surface area contributed by atoms with Crippen molar-refractivity contribution in [1.82, 2.24) is 14.3 Å². The van der Waals surface area contributed by atoms with Gasteiger partial charge in [-0.25, -0.2) is 9.36 Å². The lowest BCUT2D eigenvalue weighted by Crippen LogP contribution is -2.23. The van der Waals surface area contributed by atoms with Crippen LogP contribution in [-0.4, -0.2) is 14.3 Å². The maximum atomic E-state index is 12.8. The second kappa shape index (κ2) is 6.45. The molecule has 0 fully saturated rings. The van der Waals surface area contributed by atoms with Gasteiger partial charge in [-0.05, 0) is 43.3 Å². The van der Waals surface area contributed by atoms with Gasteiger partial charge in [0.15, 0.2) is 0 Å². The fourth-order valence-corrected chi connectivity index (χ4v) is 2.97. The van der Waals surface area contributed by atoms with Gasteiger partial charge in [-0.15, -0.1) is 5.10 Å². The van der Waals surface area contributed by atoms with E-state index in [1.807, 2.05) is 12.1 Å². The molecule has 25 heavy (non-hydrogen) atoms. The Bertz CT molecular complexity index is 1110. The number of nitriles is 2. The molecule has 8 heteroatoms. The zero-order valence-corrected chi connectivity index (χ0v) is 14.4. The Kier molecular flexibility index (Phi) is 4.33. The van der Waals surface area contributed by atoms with E-state index in [2.05, 4.69) is 5.10 Å². The van der Waals surface area contributed by atoms with Crippen molar-refractivity contribution >= 4 is 23.2 Å². The lowest BCUT2D eigenvalue weighted by Gasteiger charge is -2.04. The van der Waals surface area contributed by atoms with E-state index in [-0.39, 0.29) is 11.1 Å². The van der Waals surface area contributed by atoms with Crippen LogP contribution < -0.4 is 5.69 Å². The van der Waals surface area contributed by atoms with Crippen molar-refractivity contribution in [3.8, 4) is 23.5 Å². The van der Waals surface area contributed by atoms with Crippen LogP contribution in [0.5, 0.6) is 0 Å². The van der Waals surface area contributed by atoms with E-state index < -0.39 is 5.69 Å². The molecule has 2 aromatic carbocycles. The summed E-state index contributed by atoms with van der Waals surface area (Å²) in [7, 11) is 0. The molecule has 0 aliphatic carbocycles. The maximum absolute atomic E-state index is 12.8. The van der Waals surface area contributed by atoms with Gasteiger partial charge in [0.05, 0.1) is 22.5 Å². The predicted octanol–water partition coefficient (Wildman–Crippen LogP) is 3.38. The molecular formula is C17H9Cl2N5O. The van der Waals surface area contributed by atoms with Crippen LogP contribution in [0.1, 0.15) is 17.0 Å². The summed E-state index contributed by atoms with van der Waals surface area (Å²) < 4.78 is 2.52. The van der Waals surface area contributed by atoms with Gasteiger partial charge in [0, 0.05) is 10.0 Å². The standard InChI is InChI=1S/C17H9Cl2N5O/c1-10-22-24(15-3-2-11(8-20)12(4-15)9-21)17(25)23(10)16-6-13(18)5-14(19)7-16/h2-7H,1H3. The Labute approximate surface area is 152 Å². The molecule has 0 N–H and O–H groups in total. The SMILES string of the molecule is Cc1nn(-c2ccc(C#N)c(C#N)c2)c(=O)n1-c1cc(Cl)cc(Cl)c1. The average molecular weight is 370 g/mol. The number of halogens is 2. The average Bonchev–Trinajstić information content (AvgIpc) is 2.87. The molecule has 0 saturated carbocycles. The summed E-state index contributed by atoms with van der Waals surface area (Å²) in [5.74, 6) is 0.422. The monoisotopic (exact) mass is 369 g/mol. The van der Waals surface area contributed by atoms with Gasteiger partial charge in [-0.3, -0.25) is 0 Å². The van der Waals surface area contributed by atoms with E-state index in [0.29, 0.717) is 27.2 Å². The van der Waals surface area contributed by atoms with E-state index >= 15 is 0 Å². The van der Waals surface area contributed by atoms with E-state index in [4.69, 9.17) is 33.7 Å². The smallest absolute Gasteiger partial charge is 0.247 e. The van der Waals surface area contributed by atoms with Crippen LogP contribution in [0.15, 0.2) is 41.2 Å². The summed E-state index contributed by atoms with van der Waals surface area (Å²) in [6.07, 6.45) is 0. The van der Waals surface area contributed by atoms with E-state index in [0.717, 1.165) is 4.68 Å². The number of aryl methyl sites for hydroxylation is 1. The molecule has 3 aromatic rings. The second-order valence-electron chi connectivity index (χ2n) is 5.16. The Hall–Kier alpha value is -3.06. The van der Waals surface area contributed by atoms with Crippen molar-refractivity contribution in [3.63, 3.8) is 0 Å². The van der Waals surface area contributed by atoms with Gasteiger partial charge in [-0.1, -0.05) is 23.2 Å². The summed E-state index contributed by atoms with van der Waals surface area (Å²) in [6, 6.07) is 13.1. The Balaban J connectivity index is 2.21. The predicted molar refractivity (Wildman–Crippen MR) is 93.3 cm³/mol. The highest BCUT2D eigenvalue weighted by Crippen LogP contribution is 2.22. The normalized spacial score (nSPS) is 10.3. The van der Waals surface area contributed by atoms with Crippen molar-refractivity contribution in [2.24, 2.45) is 0 Å². The number of nitrogens with zero attached hydrogens (tertiary/aromatic N) is 5. The van der Waals surface area contributed by atoms with Gasteiger partial charge in [-0.2, -0.15) is 15.2 Å². The zero-order chi connectivity index (χ0) is 18.1. The summed E-state index contributed by atoms with van der Waals surface area (Å²) in [5.41, 5.74) is 0.835. The summed E-state index contributed by atoms with van der Waals surface area (Å²) in [6.45, 7) is 1.67. The third kappa shape index (κ3) is 3.01. The van der Waals surface area contributed by atoms with Gasteiger partial charge in [0.2, 0.25) is 0 Å². The minimum atomic E-state index is -0.440. The van der Waals surface area contributed by atoms with Gasteiger partial charge in [0.1, 0.15) is 18.0 Å². The third-order valence-corrected chi connectivity index (χ3v) is 3.97. The van der Waals surface area contributed by atoms with Crippen molar-refractivity contribution in [2.75, 3.05) is 0 Å². The lowest BCUT2D eigenvalue weighted by atomic mass is 10.1. The first-order chi connectivity index (χ1) is 11.9. The van der Waals surface area contributed by atoms with Gasteiger partial charge < -0.3 is 0 Å². The van der Waals surface area contributed by atoms with Crippen LogP contribution >= 0.6 is 23.2 Å². The zero-order valence-electron chi connectivity index (χ0n) is 12.9. The number of rotatable bonds is 2. The minimum absolute atomic E-state index is 0.171. The molecule has 0 bridgehead atoms. The van der Waals surface area contributed by atoms with Gasteiger partial charge in [0.25, 0.3) is 0 Å². The molecule has 0 radical (unpaired) electrons. The van der Waals surface area contributed by atoms with Crippen LogP contribution in [0.25, 0.3) is 11.4 Å². The quantitative estimate of drug-likeness (QED) is 0.692. The summed E-state index contributed by atoms with van der Waals surface area (Å²) in [5, 5.41) is 23.2. The second-order valence-corrected chi connectivity index (χ2v) is 6.03. The number of hydrogen-bond donors (Lipinski definition) is 0. The van der Waals surface area contributed by atoms with Crippen molar-refractivity contribution < 1.29 is 0 Å². The van der Waals surface area contributed by atoms with Crippen molar-refractivity contribution in [3.05, 3.63) is 73.9 Å². The van der Waals surface area contributed by atoms with Gasteiger partial charge >= 0.3 is 5.69 Å². The molecular weight excluding hydrogens is 361 g/mol. The number of aromatic nitrogens is 3. The molecule has 1 heterocycles. The summed E-state index contributed by atoms with van der Waals surface area (Å²) in [4.78, 5) is 12.8. The first-order valence-electron chi connectivity index (χ1n) is 7.04. The fraction of sp³-hybridized carbons (Fsp3) is 0.0588. The Morgan fingerprint density at radius 1 is 0.960 bits per heavy atom. The maximum Gasteiger partial charge on any atom is 0.355 e. The molecule has 0 saturated heterocycles. The molecule has 0 amide bonds. The molecule has 0 unspecified atom stereocenters. The number of benzene rings is 2. The van der Waals surface area contributed by atoms with Crippen LogP contribution in [0.2, 0.25) is 10.0 Å². The topological polar surface area (TPSA) is 87.4 Å². The minimum Gasteiger partial charge on any atom is -0.247 e. The highest BCUT2D eigenvalue weighted by molar-refractivity contribution is 6.34. The van der Waals surface area contributed by atoms with Crippen LogP contribution in [0, 0.1) is 29.6 Å². The molecule has 1 aromatic heterocycles. The Morgan fingerprint density at radius 3 is 2.20 bits per heavy atom. The largest absolute Gasteiger partial charge is 0.355 e. The molecule has 0 atom stereocenters. The van der Waals surface area contributed by atoms with E-state index in [9.17, 15) is 4.79 Å². The van der Waals surface area contributed by atoms with Crippen LogP contribution in [-0.2, 0) is 0 Å². The van der Waals surface area contributed by atoms with Crippen LogP contribution in [0.4, 0.5) is 0 Å².